The van der Waals surface area contributed by atoms with Gasteiger partial charge >= 0.3 is 6.18 Å². The number of hydrogen-bond donors (Lipinski definition) is 2. The highest BCUT2D eigenvalue weighted by Crippen LogP contribution is 2.32. The summed E-state index contributed by atoms with van der Waals surface area (Å²) in [6.45, 7) is 3.73. The molecule has 1 atom stereocenters. The van der Waals surface area contributed by atoms with E-state index in [4.69, 9.17) is 0 Å². The fourth-order valence-corrected chi connectivity index (χ4v) is 4.29. The monoisotopic (exact) mass is 477 g/mol. The minimum atomic E-state index is -5.23. The van der Waals surface area contributed by atoms with E-state index in [-0.39, 0.29) is 32.9 Å². The van der Waals surface area contributed by atoms with Gasteiger partial charge in [-0.2, -0.15) is 13.2 Å². The summed E-state index contributed by atoms with van der Waals surface area (Å²) < 4.78 is 87.2. The number of rotatable bonds is 6. The number of carbonyl (C=O) groups excluding carboxylic acids is 1. The summed E-state index contributed by atoms with van der Waals surface area (Å²) in [4.78, 5) is 11.3. The molecule has 2 N–H and O–H groups in total. The van der Waals surface area contributed by atoms with Crippen molar-refractivity contribution in [2.24, 2.45) is 0 Å². The van der Waals surface area contributed by atoms with Gasteiger partial charge < -0.3 is 10.4 Å². The van der Waals surface area contributed by atoms with Gasteiger partial charge in [0.2, 0.25) is 15.4 Å². The van der Waals surface area contributed by atoms with Gasteiger partial charge in [0.15, 0.2) is 9.84 Å². The number of carbonyl (C=O) groups is 1. The van der Waals surface area contributed by atoms with Crippen LogP contribution in [0.4, 0.5) is 18.9 Å². The molecule has 31 heavy (non-hydrogen) atoms. The molecular weight excluding hydrogens is 459 g/mol. The molecule has 0 aliphatic rings. The summed E-state index contributed by atoms with van der Waals surface area (Å²) in [5, 5.41) is 11.4. The first-order chi connectivity index (χ1) is 14.0. The van der Waals surface area contributed by atoms with Crippen molar-refractivity contribution in [3.8, 4) is 0 Å². The molecule has 0 saturated carbocycles. The largest absolute Gasteiger partial charge is 0.426 e. The van der Waals surface area contributed by atoms with Gasteiger partial charge in [-0.15, -0.1) is 0 Å². The highest BCUT2D eigenvalue weighted by molar-refractivity contribution is 7.91. The van der Waals surface area contributed by atoms with Crippen LogP contribution in [0.1, 0.15) is 12.5 Å². The van der Waals surface area contributed by atoms with E-state index in [0.717, 1.165) is 54.8 Å². The zero-order valence-corrected chi connectivity index (χ0v) is 17.9. The van der Waals surface area contributed by atoms with E-state index in [1.807, 2.05) is 5.32 Å². The van der Waals surface area contributed by atoms with Crippen molar-refractivity contribution in [1.29, 1.82) is 0 Å². The zero-order chi connectivity index (χ0) is 23.8. The van der Waals surface area contributed by atoms with E-state index in [2.05, 4.69) is 6.58 Å². The Balaban J connectivity index is 2.43. The molecule has 0 radical (unpaired) electrons. The quantitative estimate of drug-likeness (QED) is 0.661. The van der Waals surface area contributed by atoms with Crippen LogP contribution in [0.2, 0.25) is 0 Å². The number of hydrogen-bond acceptors (Lipinski definition) is 6. The normalized spacial score (nSPS) is 14.5. The number of nitrogens with one attached hydrogen (secondary N) is 1. The molecule has 12 heteroatoms. The topological polar surface area (TPSA) is 118 Å². The van der Waals surface area contributed by atoms with Crippen molar-refractivity contribution >= 4 is 37.3 Å². The highest BCUT2D eigenvalue weighted by Gasteiger charge is 2.55. The van der Waals surface area contributed by atoms with Crippen molar-refractivity contribution < 1.29 is 39.9 Å². The molecule has 0 unspecified atom stereocenters. The Morgan fingerprint density at radius 3 is 1.94 bits per heavy atom. The molecule has 0 spiro atoms. The van der Waals surface area contributed by atoms with E-state index in [1.165, 1.54) is 0 Å². The van der Waals surface area contributed by atoms with Gasteiger partial charge in [-0.1, -0.05) is 12.7 Å². The second kappa shape index (κ2) is 8.09. The Bertz CT molecular complexity index is 1230. The third-order valence-electron chi connectivity index (χ3n) is 4.36. The first kappa shape index (κ1) is 24.6. The number of alkyl halides is 3. The van der Waals surface area contributed by atoms with Crippen molar-refractivity contribution in [3.05, 3.63) is 54.6 Å². The number of amides is 1. The molecule has 0 fully saturated rings. The summed E-state index contributed by atoms with van der Waals surface area (Å²) in [5.74, 6) is -1.75. The Labute approximate surface area is 177 Å². The Kier molecular flexibility index (Phi) is 6.41. The van der Waals surface area contributed by atoms with Crippen LogP contribution in [-0.4, -0.2) is 45.9 Å². The van der Waals surface area contributed by atoms with Crippen LogP contribution in [0, 0.1) is 0 Å². The van der Waals surface area contributed by atoms with Gasteiger partial charge in [0.25, 0.3) is 5.91 Å². The van der Waals surface area contributed by atoms with E-state index in [1.54, 1.807) is 0 Å². The number of aliphatic hydroxyl groups is 1. The van der Waals surface area contributed by atoms with Crippen LogP contribution >= 0.6 is 0 Å². The molecular formula is C19H18F3NO6S2. The SMILES string of the molecule is C=Cc1cc(S(=O)(=O)c2ccc(S(C)(=O)=O)cc2)ccc1NC(=O)[C@@](C)(O)C(F)(F)F. The average molecular weight is 477 g/mol. The number of anilines is 1. The predicted molar refractivity (Wildman–Crippen MR) is 107 cm³/mol. The van der Waals surface area contributed by atoms with Crippen LogP contribution in [0.3, 0.4) is 0 Å². The summed E-state index contributed by atoms with van der Waals surface area (Å²) in [7, 11) is -7.64. The van der Waals surface area contributed by atoms with Crippen LogP contribution < -0.4 is 5.32 Å². The third kappa shape index (κ3) is 4.97. The molecule has 2 rings (SSSR count). The van der Waals surface area contributed by atoms with Gasteiger partial charge in [0.1, 0.15) is 0 Å². The van der Waals surface area contributed by atoms with Crippen molar-refractivity contribution in [2.45, 2.75) is 33.4 Å². The lowest BCUT2D eigenvalue weighted by Crippen LogP contribution is -2.52. The van der Waals surface area contributed by atoms with Gasteiger partial charge in [-0.25, -0.2) is 16.8 Å². The van der Waals surface area contributed by atoms with Crippen molar-refractivity contribution in [2.75, 3.05) is 11.6 Å². The molecule has 2 aromatic carbocycles. The first-order valence-corrected chi connectivity index (χ1v) is 11.8. The van der Waals surface area contributed by atoms with E-state index >= 15 is 0 Å². The van der Waals surface area contributed by atoms with Gasteiger partial charge in [0.05, 0.1) is 14.7 Å². The van der Waals surface area contributed by atoms with Crippen LogP contribution in [0.25, 0.3) is 6.08 Å². The number of sulfone groups is 2. The van der Waals surface area contributed by atoms with Crippen LogP contribution in [0.15, 0.2) is 63.7 Å². The highest BCUT2D eigenvalue weighted by atomic mass is 32.2. The zero-order valence-electron chi connectivity index (χ0n) is 16.3. The molecule has 0 saturated heterocycles. The molecule has 168 valence electrons. The van der Waals surface area contributed by atoms with Gasteiger partial charge in [-0.3, -0.25) is 4.79 Å². The Morgan fingerprint density at radius 1 is 1.00 bits per heavy atom. The van der Waals surface area contributed by atoms with Crippen molar-refractivity contribution in [1.82, 2.24) is 0 Å². The van der Waals surface area contributed by atoms with Gasteiger partial charge in [-0.05, 0) is 55.0 Å². The van der Waals surface area contributed by atoms with E-state index in [0.29, 0.717) is 0 Å². The van der Waals surface area contributed by atoms with E-state index < -0.39 is 37.4 Å². The standard InChI is InChI=1S/C19H18F3NO6S2/c1-4-12-11-15(9-10-16(12)23-17(24)18(2,25)19(20,21)22)31(28,29)14-7-5-13(6-8-14)30(3,26)27/h4-11,25H,1H2,2-3H3,(H,23,24)/t18-/m1/s1. The van der Waals surface area contributed by atoms with Crippen LogP contribution in [-0.2, 0) is 24.5 Å². The Morgan fingerprint density at radius 2 is 1.48 bits per heavy atom. The summed E-state index contributed by atoms with van der Waals surface area (Å²) in [6.07, 6.45) is -3.15. The minimum Gasteiger partial charge on any atom is -0.373 e. The predicted octanol–water partition coefficient (Wildman–Crippen LogP) is 2.82. The Hall–Kier alpha value is -2.70. The molecule has 7 nitrogen and oxygen atoms in total. The lowest BCUT2D eigenvalue weighted by atomic mass is 10.0. The fraction of sp³-hybridized carbons (Fsp3) is 0.211. The molecule has 0 aliphatic carbocycles. The summed E-state index contributed by atoms with van der Waals surface area (Å²) in [6, 6.07) is 7.65. The van der Waals surface area contributed by atoms with Gasteiger partial charge in [0, 0.05) is 11.9 Å². The number of halogens is 3. The molecule has 0 aromatic heterocycles. The lowest BCUT2D eigenvalue weighted by molar-refractivity contribution is -0.242. The molecule has 1 amide bonds. The summed E-state index contributed by atoms with van der Waals surface area (Å²) >= 11 is 0. The maximum Gasteiger partial charge on any atom is 0.426 e. The first-order valence-electron chi connectivity index (χ1n) is 8.44. The molecule has 0 bridgehead atoms. The fourth-order valence-electron chi connectivity index (χ4n) is 2.37. The third-order valence-corrected chi connectivity index (χ3v) is 7.25. The number of benzene rings is 2. The molecule has 2 aromatic rings. The van der Waals surface area contributed by atoms with E-state index in [9.17, 15) is 39.9 Å². The van der Waals surface area contributed by atoms with Crippen LogP contribution in [0.5, 0.6) is 0 Å². The molecule has 0 heterocycles. The second-order valence-electron chi connectivity index (χ2n) is 6.72. The average Bonchev–Trinajstić information content (AvgIpc) is 2.66. The summed E-state index contributed by atoms with van der Waals surface area (Å²) in [5.41, 5.74) is -3.88. The minimum absolute atomic E-state index is 0.0137. The van der Waals surface area contributed by atoms with Crippen molar-refractivity contribution in [3.63, 3.8) is 0 Å². The maximum atomic E-state index is 12.8. The smallest absolute Gasteiger partial charge is 0.373 e. The maximum absolute atomic E-state index is 12.8. The molecule has 0 aliphatic heterocycles. The second-order valence-corrected chi connectivity index (χ2v) is 10.7. The lowest BCUT2D eigenvalue weighted by Gasteiger charge is -2.25.